The molecule has 1 aromatic heterocycles. The van der Waals surface area contributed by atoms with E-state index in [9.17, 15) is 4.79 Å². The van der Waals surface area contributed by atoms with Gasteiger partial charge < -0.3 is 4.57 Å². The van der Waals surface area contributed by atoms with Crippen molar-refractivity contribution in [2.75, 3.05) is 6.54 Å². The molecule has 3 nitrogen and oxygen atoms in total. The first-order valence-corrected chi connectivity index (χ1v) is 10.2. The first-order chi connectivity index (χ1) is 13.1. The third kappa shape index (κ3) is 3.55. The molecule has 2 heterocycles. The standard InChI is InChI=1S/C21H17ClN2OS2/c1-2-24-20(25)19(27-21(24)26)11-15-13-23(18-6-4-3-5-17(15)18)12-14-7-9-16(22)10-8-14/h3-11,13H,2,12H2,1H3/b19-11-. The predicted molar refractivity (Wildman–Crippen MR) is 118 cm³/mol. The fourth-order valence-corrected chi connectivity index (χ4v) is 4.72. The largest absolute Gasteiger partial charge is 0.342 e. The molecule has 27 heavy (non-hydrogen) atoms. The molecule has 0 atom stereocenters. The summed E-state index contributed by atoms with van der Waals surface area (Å²) < 4.78 is 2.82. The molecule has 0 unspecified atom stereocenters. The first kappa shape index (κ1) is 18.3. The van der Waals surface area contributed by atoms with Crippen LogP contribution in [0.2, 0.25) is 5.02 Å². The van der Waals surface area contributed by atoms with Crippen molar-refractivity contribution in [2.24, 2.45) is 0 Å². The van der Waals surface area contributed by atoms with Crippen LogP contribution in [-0.2, 0) is 11.3 Å². The van der Waals surface area contributed by atoms with Gasteiger partial charge in [-0.15, -0.1) is 0 Å². The van der Waals surface area contributed by atoms with Gasteiger partial charge in [0.1, 0.15) is 4.32 Å². The summed E-state index contributed by atoms with van der Waals surface area (Å²) in [7, 11) is 0. The van der Waals surface area contributed by atoms with Crippen LogP contribution in [0.25, 0.3) is 17.0 Å². The van der Waals surface area contributed by atoms with Crippen LogP contribution in [0.1, 0.15) is 18.1 Å². The molecular weight excluding hydrogens is 396 g/mol. The van der Waals surface area contributed by atoms with Crippen LogP contribution in [0, 0.1) is 0 Å². The molecule has 1 aliphatic heterocycles. The summed E-state index contributed by atoms with van der Waals surface area (Å²) in [5, 5.41) is 1.85. The van der Waals surface area contributed by atoms with E-state index in [1.807, 2.05) is 49.4 Å². The summed E-state index contributed by atoms with van der Waals surface area (Å²) in [4.78, 5) is 14.9. The summed E-state index contributed by atoms with van der Waals surface area (Å²) in [6.45, 7) is 3.27. The van der Waals surface area contributed by atoms with E-state index in [1.54, 1.807) is 4.90 Å². The van der Waals surface area contributed by atoms with Crippen molar-refractivity contribution in [3.63, 3.8) is 0 Å². The van der Waals surface area contributed by atoms with Crippen LogP contribution in [-0.4, -0.2) is 26.2 Å². The highest BCUT2D eigenvalue weighted by Crippen LogP contribution is 2.34. The number of hydrogen-bond acceptors (Lipinski definition) is 3. The van der Waals surface area contributed by atoms with Gasteiger partial charge >= 0.3 is 0 Å². The number of halogens is 1. The molecule has 1 amide bonds. The van der Waals surface area contributed by atoms with Gasteiger partial charge in [-0.1, -0.05) is 65.9 Å². The maximum atomic E-state index is 12.5. The zero-order valence-corrected chi connectivity index (χ0v) is 17.1. The van der Waals surface area contributed by atoms with Gasteiger partial charge in [0.05, 0.1) is 4.91 Å². The Hall–Kier alpha value is -2.08. The van der Waals surface area contributed by atoms with Crippen molar-refractivity contribution in [1.82, 2.24) is 9.47 Å². The molecule has 2 aromatic carbocycles. The van der Waals surface area contributed by atoms with E-state index in [-0.39, 0.29) is 5.91 Å². The summed E-state index contributed by atoms with van der Waals surface area (Å²) in [5.74, 6) is -0.0120. The Morgan fingerprint density at radius 1 is 1.15 bits per heavy atom. The van der Waals surface area contributed by atoms with Gasteiger partial charge in [-0.2, -0.15) is 0 Å². The number of thioether (sulfide) groups is 1. The Labute approximate surface area is 172 Å². The van der Waals surface area contributed by atoms with E-state index in [0.717, 1.165) is 28.0 Å². The molecule has 6 heteroatoms. The van der Waals surface area contributed by atoms with E-state index >= 15 is 0 Å². The van der Waals surface area contributed by atoms with Crippen LogP contribution < -0.4 is 0 Å². The molecule has 1 aliphatic rings. The zero-order valence-electron chi connectivity index (χ0n) is 14.7. The van der Waals surface area contributed by atoms with Crippen molar-refractivity contribution in [3.05, 3.63) is 75.8 Å². The van der Waals surface area contributed by atoms with Gasteiger partial charge in [-0.05, 0) is 36.8 Å². The fraction of sp³-hybridized carbons (Fsp3) is 0.143. The SMILES string of the molecule is CCN1C(=O)/C(=C/c2cn(Cc3ccc(Cl)cc3)c3ccccc23)SC1=S. The first-order valence-electron chi connectivity index (χ1n) is 8.64. The van der Waals surface area contributed by atoms with E-state index in [0.29, 0.717) is 15.8 Å². The Bertz CT molecular complexity index is 1070. The smallest absolute Gasteiger partial charge is 0.266 e. The normalized spacial score (nSPS) is 16.1. The van der Waals surface area contributed by atoms with Crippen LogP contribution >= 0.6 is 35.6 Å². The summed E-state index contributed by atoms with van der Waals surface area (Å²) in [5.41, 5.74) is 3.32. The van der Waals surface area contributed by atoms with E-state index in [2.05, 4.69) is 22.9 Å². The lowest BCUT2D eigenvalue weighted by Crippen LogP contribution is -2.27. The van der Waals surface area contributed by atoms with Crippen LogP contribution in [0.15, 0.2) is 59.6 Å². The van der Waals surface area contributed by atoms with Crippen LogP contribution in [0.5, 0.6) is 0 Å². The molecule has 0 radical (unpaired) electrons. The highest BCUT2D eigenvalue weighted by molar-refractivity contribution is 8.26. The lowest BCUT2D eigenvalue weighted by molar-refractivity contribution is -0.121. The van der Waals surface area contributed by atoms with Crippen molar-refractivity contribution < 1.29 is 4.79 Å². The third-order valence-corrected chi connectivity index (χ3v) is 6.19. The van der Waals surface area contributed by atoms with Gasteiger partial charge in [0.15, 0.2) is 0 Å². The molecule has 0 aliphatic carbocycles. The number of para-hydroxylation sites is 1. The van der Waals surface area contributed by atoms with E-state index < -0.39 is 0 Å². The lowest BCUT2D eigenvalue weighted by atomic mass is 10.1. The fourth-order valence-electron chi connectivity index (χ4n) is 3.22. The monoisotopic (exact) mass is 412 g/mol. The van der Waals surface area contributed by atoms with Gasteiger partial charge in [0.2, 0.25) is 0 Å². The Morgan fingerprint density at radius 3 is 2.59 bits per heavy atom. The average molecular weight is 413 g/mol. The van der Waals surface area contributed by atoms with Gasteiger partial charge in [-0.25, -0.2) is 0 Å². The van der Waals surface area contributed by atoms with Gasteiger partial charge in [0.25, 0.3) is 5.91 Å². The van der Waals surface area contributed by atoms with E-state index in [4.69, 9.17) is 23.8 Å². The molecule has 1 fully saturated rings. The Kier molecular flexibility index (Phi) is 5.08. The number of likely N-dealkylation sites (N-methyl/N-ethyl adjacent to an activating group) is 1. The Balaban J connectivity index is 1.74. The number of carbonyl (C=O) groups is 1. The second kappa shape index (κ2) is 7.50. The van der Waals surface area contributed by atoms with Gasteiger partial charge in [0, 0.05) is 40.8 Å². The van der Waals surface area contributed by atoms with Crippen LogP contribution in [0.4, 0.5) is 0 Å². The second-order valence-corrected chi connectivity index (χ2v) is 8.39. The minimum Gasteiger partial charge on any atom is -0.342 e. The molecule has 0 saturated carbocycles. The lowest BCUT2D eigenvalue weighted by Gasteiger charge is -2.09. The van der Waals surface area contributed by atoms with Crippen LogP contribution in [0.3, 0.4) is 0 Å². The number of benzene rings is 2. The highest BCUT2D eigenvalue weighted by Gasteiger charge is 2.30. The molecule has 1 saturated heterocycles. The molecular formula is C21H17ClN2OS2. The van der Waals surface area contributed by atoms with Crippen molar-refractivity contribution in [2.45, 2.75) is 13.5 Å². The number of aromatic nitrogens is 1. The van der Waals surface area contributed by atoms with Crippen molar-refractivity contribution in [1.29, 1.82) is 0 Å². The maximum Gasteiger partial charge on any atom is 0.266 e. The zero-order chi connectivity index (χ0) is 19.0. The maximum absolute atomic E-state index is 12.5. The summed E-state index contributed by atoms with van der Waals surface area (Å²) >= 11 is 12.7. The number of hydrogen-bond donors (Lipinski definition) is 0. The second-order valence-electron chi connectivity index (χ2n) is 6.28. The molecule has 136 valence electrons. The van der Waals surface area contributed by atoms with Crippen molar-refractivity contribution >= 4 is 62.8 Å². The number of thiocarbonyl (C=S) groups is 1. The van der Waals surface area contributed by atoms with Gasteiger partial charge in [-0.3, -0.25) is 9.69 Å². The van der Waals surface area contributed by atoms with Crippen molar-refractivity contribution in [3.8, 4) is 0 Å². The molecule has 0 N–H and O–H groups in total. The summed E-state index contributed by atoms with van der Waals surface area (Å²) in [6, 6.07) is 16.1. The van der Waals surface area contributed by atoms with E-state index in [1.165, 1.54) is 17.3 Å². The predicted octanol–water partition coefficient (Wildman–Crippen LogP) is 5.56. The minimum atomic E-state index is -0.0120. The Morgan fingerprint density at radius 2 is 1.89 bits per heavy atom. The molecule has 0 bridgehead atoms. The molecule has 0 spiro atoms. The summed E-state index contributed by atoms with van der Waals surface area (Å²) in [6.07, 6.45) is 4.05. The number of carbonyl (C=O) groups excluding carboxylic acids is 1. The number of fused-ring (bicyclic) bond motifs is 1. The average Bonchev–Trinajstić information content (AvgIpc) is 3.14. The quantitative estimate of drug-likeness (QED) is 0.414. The number of nitrogens with zero attached hydrogens (tertiary/aromatic N) is 2. The minimum absolute atomic E-state index is 0.0120. The third-order valence-electron chi connectivity index (χ3n) is 4.56. The highest BCUT2D eigenvalue weighted by atomic mass is 35.5. The molecule has 3 aromatic rings. The number of amides is 1. The molecule has 4 rings (SSSR count). The topological polar surface area (TPSA) is 25.2 Å². The number of rotatable bonds is 4.